The van der Waals surface area contributed by atoms with Gasteiger partial charge in [0.1, 0.15) is 12.1 Å². The van der Waals surface area contributed by atoms with E-state index < -0.39 is 23.5 Å². The number of carboxylic acid groups (broad SMARTS) is 1. The first kappa shape index (κ1) is 16.4. The average Bonchev–Trinajstić information content (AvgIpc) is 3.03. The SMILES string of the molecule is C#CCCC[C@@H]1C[C@H]1OC(=O)NC(C(=O)O)C(C)(C)C. The molecule has 0 saturated heterocycles. The molecule has 0 aromatic heterocycles. The van der Waals surface area contributed by atoms with Gasteiger partial charge < -0.3 is 15.2 Å². The first-order valence-corrected chi connectivity index (χ1v) is 6.89. The monoisotopic (exact) mass is 281 g/mol. The number of alkyl carbamates (subject to hydrolysis) is 1. The van der Waals surface area contributed by atoms with Crippen LogP contribution < -0.4 is 5.32 Å². The lowest BCUT2D eigenvalue weighted by Gasteiger charge is -2.27. The number of aliphatic carboxylic acids is 1. The average molecular weight is 281 g/mol. The van der Waals surface area contributed by atoms with Crippen molar-refractivity contribution in [1.82, 2.24) is 5.32 Å². The lowest BCUT2D eigenvalue weighted by molar-refractivity contribution is -0.142. The van der Waals surface area contributed by atoms with Crippen LogP contribution in [0.2, 0.25) is 0 Å². The van der Waals surface area contributed by atoms with Gasteiger partial charge in [-0.2, -0.15) is 0 Å². The molecule has 0 spiro atoms. The van der Waals surface area contributed by atoms with Gasteiger partial charge in [0.25, 0.3) is 0 Å². The van der Waals surface area contributed by atoms with Crippen molar-refractivity contribution in [3.63, 3.8) is 0 Å². The van der Waals surface area contributed by atoms with E-state index in [1.807, 2.05) is 0 Å². The van der Waals surface area contributed by atoms with E-state index in [1.165, 1.54) is 0 Å². The van der Waals surface area contributed by atoms with Crippen LogP contribution in [0.4, 0.5) is 4.79 Å². The van der Waals surface area contributed by atoms with Crippen molar-refractivity contribution in [2.24, 2.45) is 11.3 Å². The third kappa shape index (κ3) is 5.12. The second-order valence-corrected chi connectivity index (χ2v) is 6.32. The minimum atomic E-state index is -1.06. The Morgan fingerprint density at radius 2 is 2.15 bits per heavy atom. The van der Waals surface area contributed by atoms with E-state index in [1.54, 1.807) is 20.8 Å². The number of carbonyl (C=O) groups excluding carboxylic acids is 1. The number of rotatable bonds is 6. The molecule has 0 aromatic carbocycles. The molecule has 1 aliphatic rings. The molecule has 1 fully saturated rings. The van der Waals surface area contributed by atoms with Crippen LogP contribution in [-0.4, -0.2) is 29.3 Å². The summed E-state index contributed by atoms with van der Waals surface area (Å²) in [6.45, 7) is 5.27. The summed E-state index contributed by atoms with van der Waals surface area (Å²) in [6.07, 6.45) is 7.88. The van der Waals surface area contributed by atoms with Gasteiger partial charge in [-0.3, -0.25) is 0 Å². The van der Waals surface area contributed by atoms with Gasteiger partial charge in [0, 0.05) is 6.42 Å². The fraction of sp³-hybridized carbons (Fsp3) is 0.733. The van der Waals surface area contributed by atoms with E-state index in [0.717, 1.165) is 25.7 Å². The van der Waals surface area contributed by atoms with Crippen LogP contribution in [0.25, 0.3) is 0 Å². The van der Waals surface area contributed by atoms with Gasteiger partial charge in [0.2, 0.25) is 0 Å². The number of ether oxygens (including phenoxy) is 1. The summed E-state index contributed by atoms with van der Waals surface area (Å²) in [6, 6.07) is -0.964. The van der Waals surface area contributed by atoms with Gasteiger partial charge in [-0.25, -0.2) is 9.59 Å². The molecular formula is C15H23NO4. The zero-order valence-electron chi connectivity index (χ0n) is 12.3. The van der Waals surface area contributed by atoms with Crippen molar-refractivity contribution in [3.8, 4) is 12.3 Å². The quantitative estimate of drug-likeness (QED) is 0.579. The zero-order valence-corrected chi connectivity index (χ0v) is 12.3. The van der Waals surface area contributed by atoms with Gasteiger partial charge in [0.05, 0.1) is 0 Å². The summed E-state index contributed by atoms with van der Waals surface area (Å²) in [5, 5.41) is 11.5. The van der Waals surface area contributed by atoms with Crippen molar-refractivity contribution < 1.29 is 19.4 Å². The zero-order chi connectivity index (χ0) is 15.3. The number of unbranched alkanes of at least 4 members (excludes halogenated alkanes) is 1. The number of carbonyl (C=O) groups is 2. The molecule has 2 N–H and O–H groups in total. The second kappa shape index (κ2) is 6.65. The highest BCUT2D eigenvalue weighted by atomic mass is 16.6. The molecule has 0 aliphatic heterocycles. The first-order chi connectivity index (χ1) is 9.25. The number of hydrogen-bond acceptors (Lipinski definition) is 3. The van der Waals surface area contributed by atoms with Crippen molar-refractivity contribution in [1.29, 1.82) is 0 Å². The Hall–Kier alpha value is -1.70. The van der Waals surface area contributed by atoms with E-state index >= 15 is 0 Å². The third-order valence-corrected chi connectivity index (χ3v) is 3.39. The Kier molecular flexibility index (Phi) is 5.43. The van der Waals surface area contributed by atoms with E-state index in [4.69, 9.17) is 16.3 Å². The fourth-order valence-corrected chi connectivity index (χ4v) is 2.07. The van der Waals surface area contributed by atoms with Gasteiger partial charge in [-0.15, -0.1) is 12.3 Å². The summed E-state index contributed by atoms with van der Waals surface area (Å²) < 4.78 is 5.22. The highest BCUT2D eigenvalue weighted by Gasteiger charge is 2.41. The minimum Gasteiger partial charge on any atom is -0.480 e. The maximum atomic E-state index is 11.7. The number of nitrogens with one attached hydrogen (secondary N) is 1. The Labute approximate surface area is 120 Å². The van der Waals surface area contributed by atoms with E-state index in [9.17, 15) is 9.59 Å². The molecule has 1 aliphatic carbocycles. The van der Waals surface area contributed by atoms with Gasteiger partial charge in [-0.05, 0) is 30.6 Å². The maximum absolute atomic E-state index is 11.7. The minimum absolute atomic E-state index is 0.0952. The number of terminal acetylenes is 1. The molecule has 3 atom stereocenters. The van der Waals surface area contributed by atoms with Crippen molar-refractivity contribution in [2.45, 2.75) is 58.6 Å². The molecule has 112 valence electrons. The van der Waals surface area contributed by atoms with E-state index in [2.05, 4.69) is 11.2 Å². The Bertz CT molecular complexity index is 405. The Morgan fingerprint density at radius 1 is 1.50 bits per heavy atom. The number of hydrogen-bond donors (Lipinski definition) is 2. The molecular weight excluding hydrogens is 258 g/mol. The number of carboxylic acids is 1. The molecule has 1 rings (SSSR count). The van der Waals surface area contributed by atoms with Gasteiger partial charge in [-0.1, -0.05) is 20.8 Å². The molecule has 5 nitrogen and oxygen atoms in total. The maximum Gasteiger partial charge on any atom is 0.408 e. The normalized spacial score (nSPS) is 22.5. The highest BCUT2D eigenvalue weighted by molar-refractivity contribution is 5.80. The fourth-order valence-electron chi connectivity index (χ4n) is 2.07. The first-order valence-electron chi connectivity index (χ1n) is 6.89. The molecule has 0 aromatic rings. The van der Waals surface area contributed by atoms with Crippen LogP contribution >= 0.6 is 0 Å². The summed E-state index contributed by atoms with van der Waals surface area (Å²) in [5.74, 6) is 1.88. The third-order valence-electron chi connectivity index (χ3n) is 3.39. The Balaban J connectivity index is 2.34. The standard InChI is InChI=1S/C15H23NO4/c1-5-6-7-8-10-9-11(10)20-14(19)16-12(13(17)18)15(2,3)4/h1,10-12H,6-9H2,2-4H3,(H,16,19)(H,17,18)/t10-,11-,12?/m1/s1. The lowest BCUT2D eigenvalue weighted by atomic mass is 9.87. The van der Waals surface area contributed by atoms with Crippen molar-refractivity contribution >= 4 is 12.1 Å². The summed E-state index contributed by atoms with van der Waals surface area (Å²) in [7, 11) is 0. The van der Waals surface area contributed by atoms with Crippen LogP contribution in [-0.2, 0) is 9.53 Å². The van der Waals surface area contributed by atoms with Gasteiger partial charge in [0.15, 0.2) is 0 Å². The van der Waals surface area contributed by atoms with Crippen LogP contribution in [0.1, 0.15) is 46.5 Å². The predicted molar refractivity (Wildman–Crippen MR) is 75.1 cm³/mol. The van der Waals surface area contributed by atoms with E-state index in [-0.39, 0.29) is 6.10 Å². The molecule has 1 saturated carbocycles. The van der Waals surface area contributed by atoms with Crippen LogP contribution in [0, 0.1) is 23.7 Å². The van der Waals surface area contributed by atoms with Crippen molar-refractivity contribution in [2.75, 3.05) is 0 Å². The van der Waals surface area contributed by atoms with Gasteiger partial charge >= 0.3 is 12.1 Å². The molecule has 1 amide bonds. The molecule has 0 radical (unpaired) electrons. The second-order valence-electron chi connectivity index (χ2n) is 6.32. The molecule has 5 heteroatoms. The highest BCUT2D eigenvalue weighted by Crippen LogP contribution is 2.38. The molecule has 20 heavy (non-hydrogen) atoms. The predicted octanol–water partition coefficient (Wildman–Crippen LogP) is 2.40. The van der Waals surface area contributed by atoms with Crippen molar-refractivity contribution in [3.05, 3.63) is 0 Å². The smallest absolute Gasteiger partial charge is 0.408 e. The van der Waals surface area contributed by atoms with Crippen LogP contribution in [0.3, 0.4) is 0 Å². The van der Waals surface area contributed by atoms with Crippen LogP contribution in [0.5, 0.6) is 0 Å². The summed E-state index contributed by atoms with van der Waals surface area (Å²) >= 11 is 0. The molecule has 0 bridgehead atoms. The topological polar surface area (TPSA) is 75.6 Å². The molecule has 0 heterocycles. The lowest BCUT2D eigenvalue weighted by Crippen LogP contribution is -2.49. The largest absolute Gasteiger partial charge is 0.480 e. The molecule has 1 unspecified atom stereocenters. The summed E-state index contributed by atoms with van der Waals surface area (Å²) in [5.41, 5.74) is -0.569. The number of amides is 1. The Morgan fingerprint density at radius 3 is 2.65 bits per heavy atom. The van der Waals surface area contributed by atoms with E-state index in [0.29, 0.717) is 5.92 Å². The summed E-state index contributed by atoms with van der Waals surface area (Å²) in [4.78, 5) is 22.8. The van der Waals surface area contributed by atoms with Crippen LogP contribution in [0.15, 0.2) is 0 Å².